The normalized spacial score (nSPS) is 13.9. The topological polar surface area (TPSA) is 105 Å². The summed E-state index contributed by atoms with van der Waals surface area (Å²) in [6, 6.07) is -0.866. The van der Waals surface area contributed by atoms with Crippen LogP contribution in [-0.2, 0) is 18.4 Å². The van der Waals surface area contributed by atoms with Crippen LogP contribution in [0.15, 0.2) is 72.9 Å². The van der Waals surface area contributed by atoms with Gasteiger partial charge in [0.15, 0.2) is 0 Å². The van der Waals surface area contributed by atoms with Crippen molar-refractivity contribution in [3.8, 4) is 0 Å². The quantitative estimate of drug-likeness (QED) is 0.0243. The number of likely N-dealkylation sites (N-methyl/N-ethyl adjacent to an activating group) is 1. The smallest absolute Gasteiger partial charge is 0.387 e. The third-order valence-electron chi connectivity index (χ3n) is 17.4. The van der Waals surface area contributed by atoms with Crippen molar-refractivity contribution < 1.29 is 32.9 Å². The van der Waals surface area contributed by atoms with Gasteiger partial charge < -0.3 is 19.8 Å². The zero-order valence-electron chi connectivity index (χ0n) is 59.2. The third kappa shape index (κ3) is 71.4. The molecule has 8 nitrogen and oxygen atoms in total. The first-order valence-corrected chi connectivity index (χ1v) is 39.8. The van der Waals surface area contributed by atoms with E-state index in [1.165, 1.54) is 289 Å². The summed E-state index contributed by atoms with van der Waals surface area (Å²) in [5.41, 5.74) is 0. The number of quaternary nitrogens is 1. The molecule has 0 aromatic rings. The van der Waals surface area contributed by atoms with Crippen molar-refractivity contribution in [3.63, 3.8) is 0 Å². The molecular weight excluding hydrogens is 1100 g/mol. The number of nitrogens with one attached hydrogen (secondary N) is 1. The van der Waals surface area contributed by atoms with E-state index in [1.807, 2.05) is 27.2 Å². The second-order valence-electron chi connectivity index (χ2n) is 27.3. The fourth-order valence-corrected chi connectivity index (χ4v) is 12.3. The molecule has 0 heterocycles. The number of nitrogens with zero attached hydrogens (tertiary/aromatic N) is 1. The van der Waals surface area contributed by atoms with E-state index in [9.17, 15) is 19.4 Å². The van der Waals surface area contributed by atoms with Gasteiger partial charge in [0.25, 0.3) is 0 Å². The number of amides is 1. The molecule has 0 aromatic carbocycles. The average molecular weight is 1260 g/mol. The molecule has 3 atom stereocenters. The lowest BCUT2D eigenvalue weighted by atomic mass is 10.0. The molecule has 0 aliphatic rings. The molecule has 0 aliphatic carbocycles. The van der Waals surface area contributed by atoms with Crippen molar-refractivity contribution in [2.45, 2.75) is 386 Å². The van der Waals surface area contributed by atoms with Gasteiger partial charge in [0, 0.05) is 6.42 Å². The first-order valence-electron chi connectivity index (χ1n) is 38.3. The second kappa shape index (κ2) is 69.3. The molecule has 0 saturated carbocycles. The van der Waals surface area contributed by atoms with Crippen LogP contribution in [0.2, 0.25) is 0 Å². The van der Waals surface area contributed by atoms with Crippen LogP contribution in [0.5, 0.6) is 0 Å². The molecule has 88 heavy (non-hydrogen) atoms. The van der Waals surface area contributed by atoms with E-state index in [0.717, 1.165) is 64.2 Å². The van der Waals surface area contributed by atoms with Gasteiger partial charge in [-0.2, -0.15) is 0 Å². The van der Waals surface area contributed by atoms with Crippen molar-refractivity contribution in [2.75, 3.05) is 40.9 Å². The van der Waals surface area contributed by atoms with E-state index in [0.29, 0.717) is 17.4 Å². The van der Waals surface area contributed by atoms with Crippen LogP contribution < -0.4 is 5.32 Å². The Kier molecular flexibility index (Phi) is 67.7. The molecule has 0 aromatic heterocycles. The van der Waals surface area contributed by atoms with Crippen molar-refractivity contribution in [3.05, 3.63) is 72.9 Å². The van der Waals surface area contributed by atoms with E-state index < -0.39 is 20.0 Å². The minimum absolute atomic E-state index is 0.0564. The number of aliphatic hydroxyl groups excluding tert-OH is 1. The summed E-state index contributed by atoms with van der Waals surface area (Å²) in [5.74, 6) is -0.181. The van der Waals surface area contributed by atoms with E-state index in [2.05, 4.69) is 79.9 Å². The Morgan fingerprint density at radius 2 is 0.693 bits per heavy atom. The summed E-state index contributed by atoms with van der Waals surface area (Å²) in [5, 5.41) is 14.0. The Morgan fingerprint density at radius 1 is 0.398 bits per heavy atom. The highest BCUT2D eigenvalue weighted by atomic mass is 31.2. The molecule has 3 unspecified atom stereocenters. The monoisotopic (exact) mass is 1250 g/mol. The number of hydrogen-bond acceptors (Lipinski definition) is 5. The van der Waals surface area contributed by atoms with Gasteiger partial charge in [-0.1, -0.05) is 369 Å². The number of phosphoric acid groups is 1. The number of allylic oxidation sites excluding steroid dienone is 11. The molecule has 1 amide bonds. The zero-order chi connectivity index (χ0) is 64.1. The average Bonchev–Trinajstić information content (AvgIpc) is 3.64. The summed E-state index contributed by atoms with van der Waals surface area (Å²) in [4.78, 5) is 23.5. The van der Waals surface area contributed by atoms with Gasteiger partial charge in [-0.15, -0.1) is 0 Å². The maximum absolute atomic E-state index is 13.1. The maximum atomic E-state index is 13.1. The minimum atomic E-state index is -4.37. The molecule has 0 radical (unpaired) electrons. The molecular formula is C79H150N2O6P+. The van der Waals surface area contributed by atoms with Crippen LogP contribution in [-0.4, -0.2) is 73.4 Å². The van der Waals surface area contributed by atoms with Crippen molar-refractivity contribution in [1.82, 2.24) is 5.32 Å². The highest BCUT2D eigenvalue weighted by Crippen LogP contribution is 2.43. The first kappa shape index (κ1) is 85.9. The fraction of sp³-hybridized carbons (Fsp3) is 0.835. The second-order valence-corrected chi connectivity index (χ2v) is 28.8. The molecule has 3 N–H and O–H groups in total. The summed E-state index contributed by atoms with van der Waals surface area (Å²) < 4.78 is 23.8. The van der Waals surface area contributed by atoms with Gasteiger partial charge in [0.2, 0.25) is 5.91 Å². The molecule has 0 saturated heterocycles. The number of carbonyl (C=O) groups is 1. The number of phosphoric ester groups is 1. The minimum Gasteiger partial charge on any atom is -0.387 e. The lowest BCUT2D eigenvalue weighted by Gasteiger charge is -2.25. The molecule has 9 heteroatoms. The Morgan fingerprint density at radius 3 is 1.05 bits per heavy atom. The van der Waals surface area contributed by atoms with Crippen molar-refractivity contribution >= 4 is 13.7 Å². The SMILES string of the molecule is CC/C=C\C/C=C\C/C=C\C/C=C\CCCCCCCCCCCCCCCCCCCCCCCCC(=O)NC(COP(=O)(O)OCC[N+](C)(C)C)C(O)/C=C/CC/C=C/CCCCCCCCCCCCCCCCCCCCCCCCCCC. The number of aliphatic hydroxyl groups is 1. The number of rotatable bonds is 71. The van der Waals surface area contributed by atoms with Gasteiger partial charge in [-0.05, 0) is 70.6 Å². The highest BCUT2D eigenvalue weighted by molar-refractivity contribution is 7.47. The van der Waals surface area contributed by atoms with Crippen molar-refractivity contribution in [2.24, 2.45) is 0 Å². The molecule has 0 rings (SSSR count). The van der Waals surface area contributed by atoms with E-state index in [4.69, 9.17) is 9.05 Å². The van der Waals surface area contributed by atoms with Crippen LogP contribution in [0.1, 0.15) is 373 Å². The number of hydrogen-bond donors (Lipinski definition) is 3. The fourth-order valence-electron chi connectivity index (χ4n) is 11.5. The summed E-state index contributed by atoms with van der Waals surface area (Å²) in [6.45, 7) is 4.74. The van der Waals surface area contributed by atoms with Crippen LogP contribution in [0.25, 0.3) is 0 Å². The van der Waals surface area contributed by atoms with Gasteiger partial charge in [0.05, 0.1) is 39.9 Å². The summed E-state index contributed by atoms with van der Waals surface area (Å²) >= 11 is 0. The first-order chi connectivity index (χ1) is 43.0. The predicted molar refractivity (Wildman–Crippen MR) is 387 cm³/mol. The summed E-state index contributed by atoms with van der Waals surface area (Å²) in [7, 11) is 1.57. The Hall–Kier alpha value is -2.06. The van der Waals surface area contributed by atoms with Gasteiger partial charge in [-0.25, -0.2) is 4.57 Å². The third-order valence-corrected chi connectivity index (χ3v) is 18.4. The maximum Gasteiger partial charge on any atom is 0.472 e. The molecule has 516 valence electrons. The van der Waals surface area contributed by atoms with Crippen LogP contribution in [0.4, 0.5) is 0 Å². The standard InChI is InChI=1S/C79H149N2O6P/c1-6-8-10-12-14-16-18-20-22-24-26-28-30-32-34-36-38-39-40-41-43-45-47-49-51-53-55-57-59-61-63-65-67-69-71-73-79(83)80-77(76-87-88(84,85)86-75-74-81(3,4)5)78(82)72-70-68-66-64-62-60-58-56-54-52-50-48-46-44-42-37-35-33-31-29-27-25-23-21-19-17-15-13-11-9-7-2/h8,10,14,16,20,22,26,28,62,64,70,72,77-78,82H,6-7,9,11-13,15,17-19,21,23-25,27,29-61,63,65-69,71,73-76H2,1-5H3,(H-,80,83,84,85)/p+1/b10-8-,16-14-,22-20-,28-26-,64-62+,72-70+. The Balaban J connectivity index is 4.01. The van der Waals surface area contributed by atoms with Crippen LogP contribution in [0.3, 0.4) is 0 Å². The van der Waals surface area contributed by atoms with Crippen LogP contribution >= 0.6 is 7.82 Å². The number of unbranched alkanes of at least 4 members (excludes halogenated alkanes) is 48. The molecule has 0 spiro atoms. The van der Waals surface area contributed by atoms with Crippen molar-refractivity contribution in [1.29, 1.82) is 0 Å². The zero-order valence-corrected chi connectivity index (χ0v) is 60.1. The van der Waals surface area contributed by atoms with Gasteiger partial charge >= 0.3 is 7.82 Å². The lowest BCUT2D eigenvalue weighted by molar-refractivity contribution is -0.870. The number of carbonyl (C=O) groups excluding carboxylic acids is 1. The highest BCUT2D eigenvalue weighted by Gasteiger charge is 2.28. The summed E-state index contributed by atoms with van der Waals surface area (Å²) in [6.07, 6.45) is 98.0. The predicted octanol–water partition coefficient (Wildman–Crippen LogP) is 24.9. The Labute approximate surface area is 548 Å². The Bertz CT molecular complexity index is 1670. The van der Waals surface area contributed by atoms with E-state index in [-0.39, 0.29) is 19.1 Å². The van der Waals surface area contributed by atoms with E-state index in [1.54, 1.807) is 6.08 Å². The van der Waals surface area contributed by atoms with Gasteiger partial charge in [-0.3, -0.25) is 13.8 Å². The molecule has 0 aliphatic heterocycles. The van der Waals surface area contributed by atoms with E-state index >= 15 is 0 Å². The molecule has 0 bridgehead atoms. The molecule has 0 fully saturated rings. The lowest BCUT2D eigenvalue weighted by Crippen LogP contribution is -2.45. The van der Waals surface area contributed by atoms with Gasteiger partial charge in [0.1, 0.15) is 13.2 Å². The largest absolute Gasteiger partial charge is 0.472 e. The van der Waals surface area contributed by atoms with Crippen LogP contribution in [0, 0.1) is 0 Å².